The number of hydrogen-bond acceptors (Lipinski definition) is 7. The molecule has 0 aromatic rings. The largest absolute Gasteiger partial charge is 0.394 e. The average Bonchev–Trinajstić information content (AvgIpc) is 2.46. The summed E-state index contributed by atoms with van der Waals surface area (Å²) in [5, 5.41) is 41.6. The lowest BCUT2D eigenvalue weighted by molar-refractivity contribution is -0.142. The highest BCUT2D eigenvalue weighted by molar-refractivity contribution is 4.83. The maximum absolute atomic E-state index is 10.0. The van der Waals surface area contributed by atoms with Crippen LogP contribution in [0.4, 0.5) is 0 Å². The van der Waals surface area contributed by atoms with Crippen molar-refractivity contribution in [2.45, 2.75) is 43.7 Å². The van der Waals surface area contributed by atoms with Crippen LogP contribution in [0.15, 0.2) is 0 Å². The lowest BCUT2D eigenvalue weighted by Crippen LogP contribution is -2.50. The number of aliphatic hydroxyl groups is 4. The minimum atomic E-state index is -1.25. The Kier molecular flexibility index (Phi) is 9.28. The Hall–Kier alpha value is -0.280. The van der Waals surface area contributed by atoms with E-state index in [-0.39, 0.29) is 6.54 Å². The van der Waals surface area contributed by atoms with Gasteiger partial charge in [0.25, 0.3) is 0 Å². The third-order valence-electron chi connectivity index (χ3n) is 3.29. The molecule has 1 fully saturated rings. The van der Waals surface area contributed by atoms with E-state index in [2.05, 4.69) is 5.32 Å². The lowest BCUT2D eigenvalue weighted by Gasteiger charge is -2.30. The van der Waals surface area contributed by atoms with E-state index in [1.165, 1.54) is 0 Å². The number of aliphatic hydroxyl groups excluding tert-OH is 4. The molecule has 0 radical (unpaired) electrons. The van der Waals surface area contributed by atoms with Gasteiger partial charge in [-0.05, 0) is 25.8 Å². The molecule has 0 amide bonds. The Morgan fingerprint density at radius 2 is 1.80 bits per heavy atom. The van der Waals surface area contributed by atoms with E-state index in [1.807, 2.05) is 0 Å². The van der Waals surface area contributed by atoms with E-state index in [1.54, 1.807) is 0 Å². The van der Waals surface area contributed by atoms with Gasteiger partial charge in [-0.15, -0.1) is 0 Å². The van der Waals surface area contributed by atoms with Crippen molar-refractivity contribution in [2.75, 3.05) is 39.5 Å². The molecular weight excluding hydrogens is 266 g/mol. The first kappa shape index (κ1) is 17.8. The third-order valence-corrected chi connectivity index (χ3v) is 3.29. The Bertz CT molecular complexity index is 243. The fourth-order valence-corrected chi connectivity index (χ4v) is 2.06. The van der Waals surface area contributed by atoms with Crippen molar-refractivity contribution >= 4 is 0 Å². The van der Waals surface area contributed by atoms with Gasteiger partial charge in [0.2, 0.25) is 0 Å². The first-order valence-corrected chi connectivity index (χ1v) is 7.22. The standard InChI is InChI=1S/C13H27NO6/c15-9-11(17)13-12(18)10(16)8-14-4-3-6-19-5-1-2-7-20-13/h10-18H,1-9H2/t10-,11+,12+,13+/m0/s1. The summed E-state index contributed by atoms with van der Waals surface area (Å²) in [5.74, 6) is 0. The van der Waals surface area contributed by atoms with E-state index in [0.717, 1.165) is 19.3 Å². The second kappa shape index (κ2) is 10.4. The average molecular weight is 293 g/mol. The van der Waals surface area contributed by atoms with Crippen LogP contribution < -0.4 is 5.32 Å². The summed E-state index contributed by atoms with van der Waals surface area (Å²) >= 11 is 0. The normalized spacial score (nSPS) is 33.3. The summed E-state index contributed by atoms with van der Waals surface area (Å²) in [4.78, 5) is 0. The predicted molar refractivity (Wildman–Crippen MR) is 72.4 cm³/mol. The van der Waals surface area contributed by atoms with E-state index in [9.17, 15) is 15.3 Å². The molecule has 4 atom stereocenters. The molecule has 0 aromatic heterocycles. The van der Waals surface area contributed by atoms with Gasteiger partial charge in [0, 0.05) is 26.4 Å². The summed E-state index contributed by atoms with van der Waals surface area (Å²) in [5.41, 5.74) is 0. The summed E-state index contributed by atoms with van der Waals surface area (Å²) in [7, 11) is 0. The van der Waals surface area contributed by atoms with Crippen LogP contribution in [-0.2, 0) is 9.47 Å². The number of rotatable bonds is 2. The van der Waals surface area contributed by atoms with Crippen molar-refractivity contribution in [1.82, 2.24) is 5.32 Å². The minimum absolute atomic E-state index is 0.194. The van der Waals surface area contributed by atoms with E-state index >= 15 is 0 Å². The summed E-state index contributed by atoms with van der Waals surface area (Å²) in [6.45, 7) is 2.00. The topological polar surface area (TPSA) is 111 Å². The van der Waals surface area contributed by atoms with Crippen molar-refractivity contribution in [3.05, 3.63) is 0 Å². The fraction of sp³-hybridized carbons (Fsp3) is 1.00. The first-order chi connectivity index (χ1) is 9.66. The molecule has 1 aliphatic heterocycles. The van der Waals surface area contributed by atoms with Gasteiger partial charge in [0.15, 0.2) is 0 Å². The van der Waals surface area contributed by atoms with E-state index in [4.69, 9.17) is 14.6 Å². The Morgan fingerprint density at radius 1 is 1.10 bits per heavy atom. The van der Waals surface area contributed by atoms with Crippen molar-refractivity contribution in [3.8, 4) is 0 Å². The molecule has 1 aliphatic rings. The third kappa shape index (κ3) is 6.45. The summed E-state index contributed by atoms with van der Waals surface area (Å²) < 4.78 is 10.8. The van der Waals surface area contributed by atoms with Crippen LogP contribution in [0.25, 0.3) is 0 Å². The highest BCUT2D eigenvalue weighted by Gasteiger charge is 2.32. The Balaban J connectivity index is 2.55. The SMILES string of the molecule is OC[C@@H](O)[C@H]1OCCCCOCCCNC[C@H](O)[C@H]1O. The predicted octanol–water partition coefficient (Wildman–Crippen LogP) is -1.76. The van der Waals surface area contributed by atoms with E-state index in [0.29, 0.717) is 26.4 Å². The van der Waals surface area contributed by atoms with Crippen LogP contribution in [0, 0.1) is 0 Å². The van der Waals surface area contributed by atoms with Crippen LogP contribution >= 0.6 is 0 Å². The van der Waals surface area contributed by atoms with Crippen LogP contribution in [0.3, 0.4) is 0 Å². The van der Waals surface area contributed by atoms with Gasteiger partial charge in [-0.1, -0.05) is 0 Å². The molecule has 0 bridgehead atoms. The van der Waals surface area contributed by atoms with Crippen LogP contribution in [0.5, 0.6) is 0 Å². The second-order valence-electron chi connectivity index (χ2n) is 5.02. The number of hydrogen-bond donors (Lipinski definition) is 5. The molecule has 120 valence electrons. The number of nitrogens with one attached hydrogen (secondary N) is 1. The van der Waals surface area contributed by atoms with Crippen molar-refractivity contribution in [3.63, 3.8) is 0 Å². The molecule has 20 heavy (non-hydrogen) atoms. The van der Waals surface area contributed by atoms with Crippen LogP contribution in [0.2, 0.25) is 0 Å². The molecule has 0 aliphatic carbocycles. The van der Waals surface area contributed by atoms with Gasteiger partial charge in [0.05, 0.1) is 12.7 Å². The van der Waals surface area contributed by atoms with Gasteiger partial charge >= 0.3 is 0 Å². The number of β-amino-alcohol motifs (C(OH)–C–C–N with tert-alkyl or cyclic N) is 1. The molecule has 0 saturated carbocycles. The van der Waals surface area contributed by atoms with E-state index < -0.39 is 31.0 Å². The van der Waals surface area contributed by atoms with Gasteiger partial charge in [0.1, 0.15) is 18.3 Å². The Morgan fingerprint density at radius 3 is 2.55 bits per heavy atom. The summed E-state index contributed by atoms with van der Waals surface area (Å²) in [6, 6.07) is 0. The molecule has 7 nitrogen and oxygen atoms in total. The molecule has 0 aromatic carbocycles. The molecule has 1 heterocycles. The van der Waals surface area contributed by atoms with Gasteiger partial charge < -0.3 is 35.2 Å². The zero-order valence-electron chi connectivity index (χ0n) is 11.8. The molecule has 0 spiro atoms. The van der Waals surface area contributed by atoms with Crippen molar-refractivity contribution in [1.29, 1.82) is 0 Å². The monoisotopic (exact) mass is 293 g/mol. The maximum atomic E-state index is 10.0. The molecule has 5 N–H and O–H groups in total. The minimum Gasteiger partial charge on any atom is -0.394 e. The maximum Gasteiger partial charge on any atom is 0.114 e. The van der Waals surface area contributed by atoms with Crippen LogP contribution in [0.1, 0.15) is 19.3 Å². The molecule has 7 heteroatoms. The van der Waals surface area contributed by atoms with Crippen molar-refractivity contribution < 1.29 is 29.9 Å². The molecule has 1 saturated heterocycles. The lowest BCUT2D eigenvalue weighted by atomic mass is 10.0. The zero-order chi connectivity index (χ0) is 14.8. The Labute approximate surface area is 119 Å². The number of ether oxygens (including phenoxy) is 2. The molecule has 0 unspecified atom stereocenters. The zero-order valence-corrected chi connectivity index (χ0v) is 11.8. The molecular formula is C13H27NO6. The van der Waals surface area contributed by atoms with Gasteiger partial charge in [-0.25, -0.2) is 0 Å². The quantitative estimate of drug-likeness (QED) is 0.410. The van der Waals surface area contributed by atoms with Gasteiger partial charge in [-0.3, -0.25) is 0 Å². The second-order valence-corrected chi connectivity index (χ2v) is 5.02. The highest BCUT2D eigenvalue weighted by atomic mass is 16.5. The highest BCUT2D eigenvalue weighted by Crippen LogP contribution is 2.11. The van der Waals surface area contributed by atoms with Gasteiger partial charge in [-0.2, -0.15) is 0 Å². The van der Waals surface area contributed by atoms with Crippen molar-refractivity contribution in [2.24, 2.45) is 0 Å². The summed E-state index contributed by atoms with van der Waals surface area (Å²) in [6.07, 6.45) is -2.13. The smallest absolute Gasteiger partial charge is 0.114 e. The first-order valence-electron chi connectivity index (χ1n) is 7.22. The molecule has 1 rings (SSSR count). The fourth-order valence-electron chi connectivity index (χ4n) is 2.06. The van der Waals surface area contributed by atoms with Crippen LogP contribution in [-0.4, -0.2) is 84.4 Å².